The average molecular weight is 509 g/mol. The van der Waals surface area contributed by atoms with Gasteiger partial charge in [0.2, 0.25) is 11.8 Å². The van der Waals surface area contributed by atoms with Gasteiger partial charge in [-0.3, -0.25) is 4.90 Å². The molecule has 190 valence electrons. The number of hydrogen-bond acceptors (Lipinski definition) is 8. The van der Waals surface area contributed by atoms with Crippen LogP contribution in [0.25, 0.3) is 27.7 Å². The zero-order valence-electron chi connectivity index (χ0n) is 21.6. The molecule has 6 rings (SSSR count). The third kappa shape index (κ3) is 3.89. The van der Waals surface area contributed by atoms with E-state index in [-0.39, 0.29) is 29.9 Å². The number of fused-ring (bicyclic) bond motifs is 2. The van der Waals surface area contributed by atoms with Gasteiger partial charge in [0, 0.05) is 18.3 Å². The van der Waals surface area contributed by atoms with Crippen molar-refractivity contribution < 1.29 is 31.1 Å². The first-order chi connectivity index (χ1) is 18.5. The fourth-order valence-corrected chi connectivity index (χ4v) is 4.59. The number of halogens is 4. The summed E-state index contributed by atoms with van der Waals surface area (Å²) >= 11 is 0. The van der Waals surface area contributed by atoms with Crippen LogP contribution in [0.2, 0.25) is 0 Å². The van der Waals surface area contributed by atoms with Crippen molar-refractivity contribution in [2.75, 3.05) is 38.7 Å². The molecule has 4 aromatic rings. The number of aromatic nitrogens is 6. The van der Waals surface area contributed by atoms with Crippen LogP contribution < -0.4 is 10.1 Å². The maximum Gasteiger partial charge on any atom is 0.281 e. The summed E-state index contributed by atoms with van der Waals surface area (Å²) in [7, 11) is -2.91. The lowest BCUT2D eigenvalue weighted by Gasteiger charge is -2.34. The van der Waals surface area contributed by atoms with Crippen LogP contribution in [-0.2, 0) is 11.3 Å². The summed E-state index contributed by atoms with van der Waals surface area (Å²) in [5, 5.41) is 14.6. The molecule has 1 atom stereocenters. The smallest absolute Gasteiger partial charge is 0.281 e. The van der Waals surface area contributed by atoms with Gasteiger partial charge in [0.25, 0.3) is 12.3 Å². The minimum absolute atomic E-state index is 0.0230. The Morgan fingerprint density at radius 1 is 1.31 bits per heavy atom. The molecule has 2 saturated heterocycles. The van der Waals surface area contributed by atoms with Crippen LogP contribution in [0.3, 0.4) is 0 Å². The van der Waals surface area contributed by atoms with Crippen molar-refractivity contribution in [2.45, 2.75) is 31.0 Å². The Morgan fingerprint density at radius 3 is 2.92 bits per heavy atom. The molecule has 0 unspecified atom stereocenters. The van der Waals surface area contributed by atoms with Crippen molar-refractivity contribution in [3.8, 4) is 17.0 Å². The van der Waals surface area contributed by atoms with Gasteiger partial charge in [0.05, 0.1) is 42.5 Å². The van der Waals surface area contributed by atoms with Gasteiger partial charge in [-0.2, -0.15) is 4.98 Å². The number of anilines is 1. The molecule has 2 aliphatic rings. The number of methoxy groups -OCH3 is 1. The van der Waals surface area contributed by atoms with Gasteiger partial charge in [0.15, 0.2) is 0 Å². The van der Waals surface area contributed by atoms with Crippen molar-refractivity contribution in [3.05, 3.63) is 30.5 Å². The molecule has 3 aromatic heterocycles. The second-order valence-electron chi connectivity index (χ2n) is 8.81. The molecule has 1 N–H and O–H groups in total. The van der Waals surface area contributed by atoms with Gasteiger partial charge >= 0.3 is 0 Å². The summed E-state index contributed by atoms with van der Waals surface area (Å²) in [5.41, 5.74) is 1.81. The monoisotopic (exact) mass is 509 g/mol. The first-order valence-electron chi connectivity index (χ1n) is 12.6. The summed E-state index contributed by atoms with van der Waals surface area (Å²) in [5.74, 6) is -3.70. The van der Waals surface area contributed by atoms with Gasteiger partial charge < -0.3 is 14.8 Å². The second kappa shape index (κ2) is 8.55. The highest BCUT2D eigenvalue weighted by atomic mass is 19.3. The fourth-order valence-electron chi connectivity index (χ4n) is 4.59. The Balaban J connectivity index is 1.38. The van der Waals surface area contributed by atoms with Gasteiger partial charge in [-0.1, -0.05) is 11.3 Å². The number of alkyl halides is 4. The van der Waals surface area contributed by atoms with Crippen molar-refractivity contribution in [3.63, 3.8) is 0 Å². The van der Waals surface area contributed by atoms with E-state index in [1.54, 1.807) is 29.2 Å². The quantitative estimate of drug-likeness (QED) is 0.380. The molecule has 36 heavy (non-hydrogen) atoms. The van der Waals surface area contributed by atoms with E-state index in [2.05, 4.69) is 25.7 Å². The Bertz CT molecular complexity index is 1520. The predicted octanol–water partition coefficient (Wildman–Crippen LogP) is 2.54. The van der Waals surface area contributed by atoms with Crippen molar-refractivity contribution in [1.82, 2.24) is 34.5 Å². The van der Waals surface area contributed by atoms with E-state index in [9.17, 15) is 17.6 Å². The molecule has 0 spiro atoms. The van der Waals surface area contributed by atoms with Crippen LogP contribution >= 0.6 is 0 Å². The SMILES string of the molecule is [2H]C([2H])([2H])Oc1nc(N[C@@H]2CN(C3COC3)CC2(F)F)nn2ccc(-c3ccc4nnn(CC(F)F)c4c3)c12. The Labute approximate surface area is 206 Å². The first-order valence-corrected chi connectivity index (χ1v) is 11.1. The molecule has 2 aliphatic heterocycles. The third-order valence-electron chi connectivity index (χ3n) is 6.49. The predicted molar refractivity (Wildman–Crippen MR) is 121 cm³/mol. The lowest BCUT2D eigenvalue weighted by molar-refractivity contribution is -0.0711. The van der Waals surface area contributed by atoms with E-state index < -0.39 is 38.5 Å². The van der Waals surface area contributed by atoms with E-state index in [0.717, 1.165) is 4.68 Å². The molecular formula is C22H22F4N8O2. The molecule has 0 bridgehead atoms. The molecule has 1 aromatic carbocycles. The Kier molecular flexibility index (Phi) is 4.67. The summed E-state index contributed by atoms with van der Waals surface area (Å²) in [6.07, 6.45) is -1.15. The van der Waals surface area contributed by atoms with Gasteiger partial charge in [-0.15, -0.1) is 10.2 Å². The van der Waals surface area contributed by atoms with Crippen LogP contribution in [0.1, 0.15) is 4.11 Å². The van der Waals surface area contributed by atoms with Crippen LogP contribution in [0, 0.1) is 0 Å². The maximum absolute atomic E-state index is 14.8. The number of benzene rings is 1. The zero-order valence-corrected chi connectivity index (χ0v) is 18.6. The molecule has 0 amide bonds. The number of ether oxygens (including phenoxy) is 2. The summed E-state index contributed by atoms with van der Waals surface area (Å²) < 4.78 is 91.0. The highest BCUT2D eigenvalue weighted by Gasteiger charge is 2.51. The van der Waals surface area contributed by atoms with E-state index in [1.165, 1.54) is 10.7 Å². The van der Waals surface area contributed by atoms with E-state index in [0.29, 0.717) is 35.4 Å². The molecule has 0 saturated carbocycles. The average Bonchev–Trinajstić information content (AvgIpc) is 3.47. The summed E-state index contributed by atoms with van der Waals surface area (Å²) in [4.78, 5) is 5.79. The summed E-state index contributed by atoms with van der Waals surface area (Å²) in [6.45, 7) is -0.307. The van der Waals surface area contributed by atoms with Crippen LogP contribution in [0.4, 0.5) is 23.5 Å². The minimum atomic E-state index is -3.09. The highest BCUT2D eigenvalue weighted by molar-refractivity contribution is 5.89. The van der Waals surface area contributed by atoms with E-state index >= 15 is 0 Å². The molecular weight excluding hydrogens is 484 g/mol. The third-order valence-corrected chi connectivity index (χ3v) is 6.49. The number of nitrogens with zero attached hydrogens (tertiary/aromatic N) is 7. The Hall–Kier alpha value is -3.52. The maximum atomic E-state index is 14.8. The standard InChI is InChI=1S/C22H22F4N8O2/c1-35-20-19-14(12-2-3-15-16(6-12)34(31-29-15)8-18(23)24)4-5-33(19)30-21(28-20)27-17-7-32(11-22(17,25)26)13-9-36-10-13/h2-6,13,17-18H,7-11H2,1H3,(H,27,30)/t17-/m1/s1/i1D3. The number of nitrogens with one attached hydrogen (secondary N) is 1. The van der Waals surface area contributed by atoms with Gasteiger partial charge in [0.1, 0.15) is 23.6 Å². The van der Waals surface area contributed by atoms with Crippen molar-refractivity contribution in [2.24, 2.45) is 0 Å². The minimum Gasteiger partial charge on any atom is -0.479 e. The second-order valence-corrected chi connectivity index (χ2v) is 8.81. The fraction of sp³-hybridized carbons (Fsp3) is 0.455. The van der Waals surface area contributed by atoms with Crippen molar-refractivity contribution in [1.29, 1.82) is 0 Å². The largest absolute Gasteiger partial charge is 0.479 e. The zero-order chi connectivity index (χ0) is 27.5. The molecule has 10 nitrogen and oxygen atoms in total. The normalized spacial score (nSPS) is 22.0. The van der Waals surface area contributed by atoms with E-state index in [4.69, 9.17) is 13.6 Å². The number of rotatable bonds is 7. The topological polar surface area (TPSA) is 94.6 Å². The number of hydrogen-bond donors (Lipinski definition) is 1. The lowest BCUT2D eigenvalue weighted by atomic mass is 10.1. The highest BCUT2D eigenvalue weighted by Crippen LogP contribution is 2.35. The van der Waals surface area contributed by atoms with Crippen LogP contribution in [-0.4, -0.2) is 92.3 Å². The number of likely N-dealkylation sites (tertiary alicyclic amines) is 1. The first kappa shape index (κ1) is 19.6. The summed E-state index contributed by atoms with van der Waals surface area (Å²) in [6, 6.07) is 5.02. The molecule has 0 radical (unpaired) electrons. The molecule has 2 fully saturated rings. The van der Waals surface area contributed by atoms with Crippen LogP contribution in [0.5, 0.6) is 5.88 Å². The lowest BCUT2D eigenvalue weighted by Crippen LogP contribution is -2.48. The Morgan fingerprint density at radius 2 is 2.17 bits per heavy atom. The van der Waals surface area contributed by atoms with Gasteiger partial charge in [-0.25, -0.2) is 26.8 Å². The van der Waals surface area contributed by atoms with E-state index in [1.807, 2.05) is 0 Å². The molecule has 5 heterocycles. The van der Waals surface area contributed by atoms with Gasteiger partial charge in [-0.05, 0) is 23.8 Å². The molecule has 14 heteroatoms. The van der Waals surface area contributed by atoms with Crippen molar-refractivity contribution >= 4 is 22.5 Å². The molecule has 0 aliphatic carbocycles. The van der Waals surface area contributed by atoms with Crippen LogP contribution in [0.15, 0.2) is 30.5 Å².